The van der Waals surface area contributed by atoms with Gasteiger partial charge in [0.25, 0.3) is 0 Å². The van der Waals surface area contributed by atoms with E-state index >= 15 is 0 Å². The van der Waals surface area contributed by atoms with Crippen molar-refractivity contribution >= 4 is 23.3 Å². The van der Waals surface area contributed by atoms with Crippen LogP contribution < -0.4 is 4.90 Å². The molecule has 0 saturated heterocycles. The van der Waals surface area contributed by atoms with Gasteiger partial charge in [0.05, 0.1) is 0 Å². The highest BCUT2D eigenvalue weighted by Crippen LogP contribution is 2.15. The number of aldehydes is 1. The van der Waals surface area contributed by atoms with Crippen LogP contribution in [0.1, 0.15) is 15.2 Å². The molecule has 0 bridgehead atoms. The highest BCUT2D eigenvalue weighted by atomic mass is 32.1. The standard InChI is InChI=1S/C14H15NOS/c1-15(9-8-14-3-2-10-17-14)13-6-4-12(11-16)5-7-13/h2-7,10-11H,8-9H2,1H3. The van der Waals surface area contributed by atoms with Crippen molar-refractivity contribution in [1.29, 1.82) is 0 Å². The smallest absolute Gasteiger partial charge is 0.150 e. The Morgan fingerprint density at radius 1 is 1.24 bits per heavy atom. The first kappa shape index (κ1) is 11.9. The number of thiophene rings is 1. The lowest BCUT2D eigenvalue weighted by molar-refractivity contribution is 0.112. The first-order chi connectivity index (χ1) is 8.29. The van der Waals surface area contributed by atoms with E-state index in [9.17, 15) is 4.79 Å². The molecule has 2 nitrogen and oxygen atoms in total. The van der Waals surface area contributed by atoms with Gasteiger partial charge in [0.2, 0.25) is 0 Å². The maximum Gasteiger partial charge on any atom is 0.150 e. The third-order valence-electron chi connectivity index (χ3n) is 2.74. The molecule has 0 fully saturated rings. The van der Waals surface area contributed by atoms with Crippen molar-refractivity contribution in [3.8, 4) is 0 Å². The van der Waals surface area contributed by atoms with E-state index in [1.165, 1.54) is 4.88 Å². The quantitative estimate of drug-likeness (QED) is 0.754. The van der Waals surface area contributed by atoms with Crippen molar-refractivity contribution < 1.29 is 4.79 Å². The number of likely N-dealkylation sites (N-methyl/N-ethyl adjacent to an activating group) is 1. The van der Waals surface area contributed by atoms with Crippen LogP contribution in [0.4, 0.5) is 5.69 Å². The highest BCUT2D eigenvalue weighted by Gasteiger charge is 2.01. The summed E-state index contributed by atoms with van der Waals surface area (Å²) >= 11 is 1.79. The van der Waals surface area contributed by atoms with Crippen LogP contribution in [0.3, 0.4) is 0 Å². The first-order valence-corrected chi connectivity index (χ1v) is 6.46. The van der Waals surface area contributed by atoms with Crippen molar-refractivity contribution in [3.63, 3.8) is 0 Å². The fourth-order valence-electron chi connectivity index (χ4n) is 1.67. The van der Waals surface area contributed by atoms with Crippen LogP contribution in [0.15, 0.2) is 41.8 Å². The summed E-state index contributed by atoms with van der Waals surface area (Å²) in [6, 6.07) is 11.9. The summed E-state index contributed by atoms with van der Waals surface area (Å²) in [6.07, 6.45) is 1.93. The minimum absolute atomic E-state index is 0.723. The monoisotopic (exact) mass is 245 g/mol. The molecule has 1 aromatic carbocycles. The molecular formula is C14H15NOS. The molecule has 0 atom stereocenters. The zero-order chi connectivity index (χ0) is 12.1. The molecule has 1 heterocycles. The lowest BCUT2D eigenvalue weighted by atomic mass is 10.2. The zero-order valence-electron chi connectivity index (χ0n) is 9.80. The number of carbonyl (C=O) groups excluding carboxylic acids is 1. The number of hydrogen-bond donors (Lipinski definition) is 0. The van der Waals surface area contributed by atoms with Crippen LogP contribution in [0.2, 0.25) is 0 Å². The Bertz CT molecular complexity index is 461. The van der Waals surface area contributed by atoms with Crippen molar-refractivity contribution in [2.24, 2.45) is 0 Å². The lowest BCUT2D eigenvalue weighted by Gasteiger charge is -2.18. The van der Waals surface area contributed by atoms with Crippen molar-refractivity contribution in [1.82, 2.24) is 0 Å². The van der Waals surface area contributed by atoms with Gasteiger partial charge in [-0.15, -0.1) is 11.3 Å². The summed E-state index contributed by atoms with van der Waals surface area (Å²) in [4.78, 5) is 14.2. The molecule has 0 aliphatic carbocycles. The van der Waals surface area contributed by atoms with Gasteiger partial charge in [-0.2, -0.15) is 0 Å². The predicted molar refractivity (Wildman–Crippen MR) is 73.1 cm³/mol. The van der Waals surface area contributed by atoms with Gasteiger partial charge in [-0.3, -0.25) is 4.79 Å². The van der Waals surface area contributed by atoms with Gasteiger partial charge in [0.1, 0.15) is 6.29 Å². The summed E-state index contributed by atoms with van der Waals surface area (Å²) in [5, 5.41) is 2.11. The van der Waals surface area contributed by atoms with E-state index in [-0.39, 0.29) is 0 Å². The topological polar surface area (TPSA) is 20.3 Å². The summed E-state index contributed by atoms with van der Waals surface area (Å²) < 4.78 is 0. The van der Waals surface area contributed by atoms with Gasteiger partial charge in [0, 0.05) is 29.7 Å². The second-order valence-corrected chi connectivity index (χ2v) is 4.99. The van der Waals surface area contributed by atoms with Gasteiger partial charge in [-0.1, -0.05) is 6.07 Å². The van der Waals surface area contributed by atoms with Crippen LogP contribution >= 0.6 is 11.3 Å². The van der Waals surface area contributed by atoms with Crippen molar-refractivity contribution in [2.75, 3.05) is 18.5 Å². The number of carbonyl (C=O) groups is 1. The zero-order valence-corrected chi connectivity index (χ0v) is 10.6. The maximum absolute atomic E-state index is 10.6. The van der Waals surface area contributed by atoms with Gasteiger partial charge >= 0.3 is 0 Å². The summed E-state index contributed by atoms with van der Waals surface area (Å²) in [7, 11) is 2.07. The fourth-order valence-corrected chi connectivity index (χ4v) is 2.37. The van der Waals surface area contributed by atoms with E-state index in [0.29, 0.717) is 0 Å². The Hall–Kier alpha value is -1.61. The van der Waals surface area contributed by atoms with Crippen LogP contribution in [0.25, 0.3) is 0 Å². The maximum atomic E-state index is 10.6. The van der Waals surface area contributed by atoms with Gasteiger partial charge in [-0.05, 0) is 42.1 Å². The Morgan fingerprint density at radius 2 is 2.00 bits per heavy atom. The van der Waals surface area contributed by atoms with Crippen LogP contribution in [-0.2, 0) is 6.42 Å². The third kappa shape index (κ3) is 3.17. The molecule has 17 heavy (non-hydrogen) atoms. The Balaban J connectivity index is 1.94. The summed E-state index contributed by atoms with van der Waals surface area (Å²) in [6.45, 7) is 0.987. The highest BCUT2D eigenvalue weighted by molar-refractivity contribution is 7.09. The second kappa shape index (κ2) is 5.64. The molecule has 0 aliphatic rings. The number of benzene rings is 1. The molecule has 0 amide bonds. The first-order valence-electron chi connectivity index (χ1n) is 5.58. The minimum atomic E-state index is 0.723. The average Bonchev–Trinajstić information content (AvgIpc) is 2.89. The minimum Gasteiger partial charge on any atom is -0.374 e. The molecule has 0 radical (unpaired) electrons. The average molecular weight is 245 g/mol. The Kier molecular flexibility index (Phi) is 3.94. The summed E-state index contributed by atoms with van der Waals surface area (Å²) in [5.74, 6) is 0. The second-order valence-electron chi connectivity index (χ2n) is 3.96. The third-order valence-corrected chi connectivity index (χ3v) is 3.68. The number of anilines is 1. The molecule has 2 rings (SSSR count). The molecule has 0 aliphatic heterocycles. The molecule has 0 N–H and O–H groups in total. The van der Waals surface area contributed by atoms with Gasteiger partial charge < -0.3 is 4.90 Å². The molecular weight excluding hydrogens is 230 g/mol. The van der Waals surface area contributed by atoms with E-state index in [1.54, 1.807) is 11.3 Å². The normalized spacial score (nSPS) is 10.2. The number of nitrogens with zero attached hydrogens (tertiary/aromatic N) is 1. The molecule has 2 aromatic rings. The van der Waals surface area contributed by atoms with Crippen molar-refractivity contribution in [2.45, 2.75) is 6.42 Å². The molecule has 1 aromatic heterocycles. The van der Waals surface area contributed by atoms with E-state index in [0.717, 1.165) is 30.5 Å². The SMILES string of the molecule is CN(CCc1cccs1)c1ccc(C=O)cc1. The van der Waals surface area contributed by atoms with Crippen LogP contribution in [0.5, 0.6) is 0 Å². The number of hydrogen-bond acceptors (Lipinski definition) is 3. The Morgan fingerprint density at radius 3 is 2.59 bits per heavy atom. The lowest BCUT2D eigenvalue weighted by Crippen LogP contribution is -2.19. The van der Waals surface area contributed by atoms with E-state index in [4.69, 9.17) is 0 Å². The number of rotatable bonds is 5. The van der Waals surface area contributed by atoms with Crippen molar-refractivity contribution in [3.05, 3.63) is 52.2 Å². The molecule has 88 valence electrons. The van der Waals surface area contributed by atoms with Gasteiger partial charge in [0.15, 0.2) is 0 Å². The molecule has 0 unspecified atom stereocenters. The predicted octanol–water partition coefficient (Wildman–Crippen LogP) is 3.24. The largest absolute Gasteiger partial charge is 0.374 e. The molecule has 0 spiro atoms. The van der Waals surface area contributed by atoms with E-state index < -0.39 is 0 Å². The molecule has 0 saturated carbocycles. The van der Waals surface area contributed by atoms with E-state index in [1.807, 2.05) is 24.3 Å². The fraction of sp³-hybridized carbons (Fsp3) is 0.214. The van der Waals surface area contributed by atoms with Crippen LogP contribution in [0, 0.1) is 0 Å². The Labute approximate surface area is 106 Å². The summed E-state index contributed by atoms with van der Waals surface area (Å²) in [5.41, 5.74) is 1.87. The van der Waals surface area contributed by atoms with E-state index in [2.05, 4.69) is 29.5 Å². The van der Waals surface area contributed by atoms with Crippen LogP contribution in [-0.4, -0.2) is 19.9 Å². The van der Waals surface area contributed by atoms with Gasteiger partial charge in [-0.25, -0.2) is 0 Å². The molecule has 3 heteroatoms.